The largest absolute Gasteiger partial charge is 0.268 e. The topological polar surface area (TPSA) is 34.9 Å². The van der Waals surface area contributed by atoms with Crippen molar-refractivity contribution < 1.29 is 8.78 Å². The first-order valence-electron chi connectivity index (χ1n) is 6.81. The van der Waals surface area contributed by atoms with E-state index in [1.807, 2.05) is 0 Å². The maximum Gasteiger partial charge on any atom is 0.267 e. The Morgan fingerprint density at radius 3 is 2.39 bits per heavy atom. The van der Waals surface area contributed by atoms with Crippen molar-refractivity contribution in [2.75, 3.05) is 0 Å². The summed E-state index contributed by atoms with van der Waals surface area (Å²) >= 11 is 5.85. The van der Waals surface area contributed by atoms with Crippen LogP contribution in [0.4, 0.5) is 8.78 Å². The molecule has 0 radical (unpaired) electrons. The molecule has 0 aliphatic rings. The van der Waals surface area contributed by atoms with Gasteiger partial charge < -0.3 is 0 Å². The van der Waals surface area contributed by atoms with Gasteiger partial charge in [0.2, 0.25) is 0 Å². The Kier molecular flexibility index (Phi) is 4.21. The molecule has 0 fully saturated rings. The number of hydrogen-bond donors (Lipinski definition) is 0. The second-order valence-corrected chi connectivity index (χ2v) is 5.41. The van der Waals surface area contributed by atoms with Crippen LogP contribution in [0.15, 0.2) is 59.4 Å². The minimum atomic E-state index is -0.954. The Balaban J connectivity index is 1.96. The Hall–Kier alpha value is -2.53. The molecule has 6 heteroatoms. The lowest BCUT2D eigenvalue weighted by atomic mass is 10.1. The van der Waals surface area contributed by atoms with E-state index < -0.39 is 11.6 Å². The maximum absolute atomic E-state index is 13.3. The third kappa shape index (κ3) is 3.46. The molecule has 116 valence electrons. The first-order valence-corrected chi connectivity index (χ1v) is 7.19. The molecule has 0 N–H and O–H groups in total. The van der Waals surface area contributed by atoms with Gasteiger partial charge >= 0.3 is 0 Å². The quantitative estimate of drug-likeness (QED) is 0.729. The van der Waals surface area contributed by atoms with Crippen molar-refractivity contribution in [3.8, 4) is 11.3 Å². The van der Waals surface area contributed by atoms with Gasteiger partial charge in [0.1, 0.15) is 0 Å². The van der Waals surface area contributed by atoms with Gasteiger partial charge in [0, 0.05) is 16.7 Å². The van der Waals surface area contributed by atoms with Gasteiger partial charge in [0.15, 0.2) is 11.6 Å². The smallest absolute Gasteiger partial charge is 0.267 e. The van der Waals surface area contributed by atoms with Gasteiger partial charge in [-0.05, 0) is 35.9 Å². The van der Waals surface area contributed by atoms with Crippen LogP contribution in [0.25, 0.3) is 11.3 Å². The molecule has 3 nitrogen and oxygen atoms in total. The van der Waals surface area contributed by atoms with Crippen molar-refractivity contribution in [1.82, 2.24) is 9.78 Å². The molecule has 1 heterocycles. The van der Waals surface area contributed by atoms with Crippen LogP contribution in [0.1, 0.15) is 5.56 Å². The monoisotopic (exact) mass is 332 g/mol. The normalized spacial score (nSPS) is 10.7. The molecule has 0 saturated heterocycles. The molecular weight excluding hydrogens is 322 g/mol. The molecule has 2 aromatic carbocycles. The number of nitrogens with zero attached hydrogens (tertiary/aromatic N) is 2. The first-order chi connectivity index (χ1) is 11.0. The highest BCUT2D eigenvalue weighted by Crippen LogP contribution is 2.18. The van der Waals surface area contributed by atoms with Crippen molar-refractivity contribution in [3.05, 3.63) is 87.2 Å². The van der Waals surface area contributed by atoms with E-state index in [0.29, 0.717) is 16.3 Å². The zero-order valence-electron chi connectivity index (χ0n) is 11.8. The van der Waals surface area contributed by atoms with Gasteiger partial charge in [0.25, 0.3) is 5.56 Å². The summed E-state index contributed by atoms with van der Waals surface area (Å²) in [4.78, 5) is 11.9. The van der Waals surface area contributed by atoms with Crippen LogP contribution >= 0.6 is 11.6 Å². The van der Waals surface area contributed by atoms with Crippen LogP contribution in [0, 0.1) is 11.6 Å². The molecule has 0 spiro atoms. The SMILES string of the molecule is O=c1ccc(-c2ccc(Cl)cc2)nn1Cc1ccc(F)c(F)c1. The number of halogens is 3. The van der Waals surface area contributed by atoms with Crippen LogP contribution in [-0.2, 0) is 6.54 Å². The van der Waals surface area contributed by atoms with Crippen molar-refractivity contribution >= 4 is 11.6 Å². The highest BCUT2D eigenvalue weighted by molar-refractivity contribution is 6.30. The van der Waals surface area contributed by atoms with E-state index in [2.05, 4.69) is 5.10 Å². The third-order valence-electron chi connectivity index (χ3n) is 3.32. The van der Waals surface area contributed by atoms with Crippen LogP contribution in [0.3, 0.4) is 0 Å². The predicted molar refractivity (Wildman–Crippen MR) is 84.4 cm³/mol. The van der Waals surface area contributed by atoms with Crippen LogP contribution in [0.2, 0.25) is 5.02 Å². The van der Waals surface area contributed by atoms with Gasteiger partial charge in [-0.2, -0.15) is 5.10 Å². The molecule has 0 aliphatic heterocycles. The van der Waals surface area contributed by atoms with Crippen LogP contribution < -0.4 is 5.56 Å². The molecule has 0 amide bonds. The lowest BCUT2D eigenvalue weighted by Gasteiger charge is -2.08. The summed E-state index contributed by atoms with van der Waals surface area (Å²) < 4.78 is 27.4. The fraction of sp³-hybridized carbons (Fsp3) is 0.0588. The lowest BCUT2D eigenvalue weighted by molar-refractivity contribution is 0.505. The molecule has 0 unspecified atom stereocenters. The number of rotatable bonds is 3. The molecule has 3 rings (SSSR count). The van der Waals surface area contributed by atoms with E-state index in [-0.39, 0.29) is 12.1 Å². The molecule has 1 aromatic heterocycles. The molecule has 0 atom stereocenters. The lowest BCUT2D eigenvalue weighted by Crippen LogP contribution is -2.22. The van der Waals surface area contributed by atoms with Crippen molar-refractivity contribution in [1.29, 1.82) is 0 Å². The highest BCUT2D eigenvalue weighted by atomic mass is 35.5. The zero-order valence-corrected chi connectivity index (χ0v) is 12.6. The highest BCUT2D eigenvalue weighted by Gasteiger charge is 2.07. The summed E-state index contributed by atoms with van der Waals surface area (Å²) in [5.41, 5.74) is 1.51. The molecular formula is C17H11ClF2N2O. The van der Waals surface area contributed by atoms with E-state index in [4.69, 9.17) is 11.6 Å². The van der Waals surface area contributed by atoms with E-state index in [1.165, 1.54) is 16.8 Å². The average Bonchev–Trinajstić information content (AvgIpc) is 2.54. The summed E-state index contributed by atoms with van der Waals surface area (Å²) in [6.07, 6.45) is 0. The average molecular weight is 333 g/mol. The van der Waals surface area contributed by atoms with Gasteiger partial charge in [-0.15, -0.1) is 0 Å². The van der Waals surface area contributed by atoms with E-state index in [9.17, 15) is 13.6 Å². The van der Waals surface area contributed by atoms with Gasteiger partial charge in [-0.3, -0.25) is 4.79 Å². The standard InChI is InChI=1S/C17H11ClF2N2O/c18-13-4-2-12(3-5-13)16-7-8-17(23)22(21-16)10-11-1-6-14(19)15(20)9-11/h1-9H,10H2. The number of benzene rings is 2. The summed E-state index contributed by atoms with van der Waals surface area (Å²) in [5, 5.41) is 4.87. The first kappa shape index (κ1) is 15.4. The fourth-order valence-corrected chi connectivity index (χ4v) is 2.27. The Morgan fingerprint density at radius 2 is 1.70 bits per heavy atom. The Bertz CT molecular complexity index is 907. The Morgan fingerprint density at radius 1 is 0.957 bits per heavy atom. The van der Waals surface area contributed by atoms with E-state index in [0.717, 1.165) is 17.7 Å². The third-order valence-corrected chi connectivity index (χ3v) is 3.57. The maximum atomic E-state index is 13.3. The van der Waals surface area contributed by atoms with Gasteiger partial charge in [0.05, 0.1) is 12.2 Å². The summed E-state index contributed by atoms with van der Waals surface area (Å²) in [7, 11) is 0. The Labute approximate surface area is 135 Å². The molecule has 0 aliphatic carbocycles. The summed E-state index contributed by atoms with van der Waals surface area (Å²) in [6.45, 7) is 0.0530. The van der Waals surface area contributed by atoms with Crippen molar-refractivity contribution in [2.24, 2.45) is 0 Å². The summed E-state index contributed by atoms with van der Waals surface area (Å²) in [6, 6.07) is 13.5. The predicted octanol–water partition coefficient (Wildman–Crippen LogP) is 3.89. The minimum Gasteiger partial charge on any atom is -0.268 e. The minimum absolute atomic E-state index is 0.0530. The van der Waals surface area contributed by atoms with Crippen LogP contribution in [-0.4, -0.2) is 9.78 Å². The van der Waals surface area contributed by atoms with Crippen LogP contribution in [0.5, 0.6) is 0 Å². The van der Waals surface area contributed by atoms with Gasteiger partial charge in [-0.1, -0.05) is 29.8 Å². The number of aromatic nitrogens is 2. The second kappa shape index (κ2) is 6.30. The van der Waals surface area contributed by atoms with Gasteiger partial charge in [-0.25, -0.2) is 13.5 Å². The zero-order chi connectivity index (χ0) is 16.4. The summed E-state index contributed by atoms with van der Waals surface area (Å²) in [5.74, 6) is -1.88. The second-order valence-electron chi connectivity index (χ2n) is 4.97. The molecule has 0 saturated carbocycles. The number of hydrogen-bond acceptors (Lipinski definition) is 2. The van der Waals surface area contributed by atoms with Crippen molar-refractivity contribution in [2.45, 2.75) is 6.54 Å². The van der Waals surface area contributed by atoms with E-state index in [1.54, 1.807) is 30.3 Å². The van der Waals surface area contributed by atoms with E-state index >= 15 is 0 Å². The molecule has 3 aromatic rings. The van der Waals surface area contributed by atoms with Crippen molar-refractivity contribution in [3.63, 3.8) is 0 Å². The fourth-order valence-electron chi connectivity index (χ4n) is 2.15. The molecule has 23 heavy (non-hydrogen) atoms. The molecule has 0 bridgehead atoms.